The molecule has 2 saturated heterocycles. The van der Waals surface area contributed by atoms with E-state index < -0.39 is 86.8 Å². The van der Waals surface area contributed by atoms with Crippen molar-refractivity contribution in [3.63, 3.8) is 0 Å². The number of carbonyl (C=O) groups is 1. The molecule has 0 bridgehead atoms. The summed E-state index contributed by atoms with van der Waals surface area (Å²) in [5.74, 6) is -0.202. The average molecular weight is 1320 g/mol. The number of nitrogens with one attached hydrogen (secondary N) is 1. The van der Waals surface area contributed by atoms with E-state index in [1.54, 1.807) is 0 Å². The van der Waals surface area contributed by atoms with Crippen LogP contribution in [0.2, 0.25) is 0 Å². The lowest BCUT2D eigenvalue weighted by molar-refractivity contribution is -0.359. The number of hydrogen-bond acceptors (Lipinski definition) is 13. The third-order valence-corrected chi connectivity index (χ3v) is 18.7. The van der Waals surface area contributed by atoms with Gasteiger partial charge in [-0.3, -0.25) is 4.79 Å². The Labute approximate surface area is 568 Å². The molecule has 2 fully saturated rings. The molecule has 0 aliphatic carbocycles. The SMILES string of the molecule is CC/C=C\C/C=C\C/C=C\C/C=C\C/C=C\C/C=C\CCCCCCCCCCCCCCCCCCCCCCC(=O)NC(COC1OC(CO)C(OC2OC(CO)C(O)C(O)C2O)C(O)C1O)C(O)CCCCCCCCCCCCCCCCCCCCCC. The topological polar surface area (TPSA) is 228 Å². The number of ether oxygens (including phenoxy) is 4. The summed E-state index contributed by atoms with van der Waals surface area (Å²) in [5.41, 5.74) is 0. The molecule has 12 atom stereocenters. The summed E-state index contributed by atoms with van der Waals surface area (Å²) >= 11 is 0. The van der Waals surface area contributed by atoms with Crippen LogP contribution < -0.4 is 5.32 Å². The molecule has 9 N–H and O–H groups in total. The monoisotopic (exact) mass is 1310 g/mol. The van der Waals surface area contributed by atoms with Gasteiger partial charge in [0.25, 0.3) is 0 Å². The highest BCUT2D eigenvalue weighted by Gasteiger charge is 2.51. The van der Waals surface area contributed by atoms with E-state index in [9.17, 15) is 45.6 Å². The van der Waals surface area contributed by atoms with E-state index >= 15 is 0 Å². The molecule has 0 aromatic heterocycles. The van der Waals surface area contributed by atoms with E-state index in [1.165, 1.54) is 212 Å². The van der Waals surface area contributed by atoms with Crippen LogP contribution in [-0.4, -0.2) is 140 Å². The Morgan fingerprint density at radius 3 is 1.14 bits per heavy atom. The van der Waals surface area contributed by atoms with E-state index in [1.807, 2.05) is 0 Å². The van der Waals surface area contributed by atoms with Gasteiger partial charge in [0.15, 0.2) is 12.6 Å². The van der Waals surface area contributed by atoms with E-state index in [0.29, 0.717) is 12.8 Å². The van der Waals surface area contributed by atoms with Gasteiger partial charge in [-0.05, 0) is 64.2 Å². The van der Waals surface area contributed by atoms with Crippen LogP contribution >= 0.6 is 0 Å². The largest absolute Gasteiger partial charge is 0.394 e. The molecule has 12 unspecified atom stereocenters. The molecule has 2 rings (SSSR count). The summed E-state index contributed by atoms with van der Waals surface area (Å²) in [7, 11) is 0. The Bertz CT molecular complexity index is 1840. The number of aliphatic hydroxyl groups is 8. The standard InChI is InChI=1S/C79H143NO13/c1-3-5-7-9-11-13-15-17-19-21-23-25-26-27-28-29-30-31-32-33-34-35-36-37-38-39-40-41-42-43-45-47-49-51-53-55-57-59-61-63-71(84)80-67(68(83)62-60-58-56-54-52-50-48-46-44-24-22-20-18-16-14-12-10-8-6-4-2)66-90-78-76(89)74(87)77(70(65-82)92-78)93-79-75(88)73(86)72(85)69(64-81)91-79/h5,7,11,13,17,19,23,25,27-28,30-31,67-70,72-79,81-83,85-89H,3-4,6,8-10,12,14-16,18,20-22,24,26,29,32-66H2,1-2H3,(H,80,84)/b7-5-,13-11-,19-17-,25-23-,28-27-,31-30-. The van der Waals surface area contributed by atoms with Crippen LogP contribution in [0.5, 0.6) is 0 Å². The quantitative estimate of drug-likeness (QED) is 0.0204. The maximum Gasteiger partial charge on any atom is 0.220 e. The molecule has 14 nitrogen and oxygen atoms in total. The molecule has 93 heavy (non-hydrogen) atoms. The van der Waals surface area contributed by atoms with Crippen LogP contribution in [0.15, 0.2) is 72.9 Å². The summed E-state index contributed by atoms with van der Waals surface area (Å²) < 4.78 is 23.0. The second-order valence-corrected chi connectivity index (χ2v) is 27.1. The summed E-state index contributed by atoms with van der Waals surface area (Å²) in [6, 6.07) is -0.830. The normalized spacial score (nSPS) is 22.9. The number of aliphatic hydroxyl groups excluding tert-OH is 8. The molecular formula is C79H143NO13. The van der Waals surface area contributed by atoms with Gasteiger partial charge in [-0.2, -0.15) is 0 Å². The van der Waals surface area contributed by atoms with Crippen molar-refractivity contribution in [1.82, 2.24) is 5.32 Å². The third-order valence-electron chi connectivity index (χ3n) is 18.7. The summed E-state index contributed by atoms with van der Waals surface area (Å²) in [6.07, 6.45) is 69.3. The van der Waals surface area contributed by atoms with Gasteiger partial charge in [0, 0.05) is 6.42 Å². The van der Waals surface area contributed by atoms with Gasteiger partial charge in [-0.25, -0.2) is 0 Å². The van der Waals surface area contributed by atoms with Gasteiger partial charge < -0.3 is 65.1 Å². The number of allylic oxidation sites excluding steroid dienone is 12. The molecule has 0 saturated carbocycles. The molecular weight excluding hydrogens is 1170 g/mol. The summed E-state index contributed by atoms with van der Waals surface area (Å²) in [6.45, 7) is 2.79. The minimum atomic E-state index is -1.78. The van der Waals surface area contributed by atoms with Crippen LogP contribution in [-0.2, 0) is 23.7 Å². The van der Waals surface area contributed by atoms with Gasteiger partial charge in [-0.15, -0.1) is 0 Å². The first-order valence-electron chi connectivity index (χ1n) is 38.7. The van der Waals surface area contributed by atoms with E-state index in [-0.39, 0.29) is 12.5 Å². The van der Waals surface area contributed by atoms with Crippen molar-refractivity contribution in [2.24, 2.45) is 0 Å². The Kier molecular flexibility index (Phi) is 58.5. The second-order valence-electron chi connectivity index (χ2n) is 27.1. The Morgan fingerprint density at radius 2 is 0.742 bits per heavy atom. The molecule has 14 heteroatoms. The van der Waals surface area contributed by atoms with Crippen LogP contribution in [0.4, 0.5) is 0 Å². The highest BCUT2D eigenvalue weighted by atomic mass is 16.7. The maximum absolute atomic E-state index is 13.4. The van der Waals surface area contributed by atoms with Crippen molar-refractivity contribution in [2.45, 2.75) is 402 Å². The number of hydrogen-bond donors (Lipinski definition) is 9. The van der Waals surface area contributed by atoms with Crippen molar-refractivity contribution in [1.29, 1.82) is 0 Å². The van der Waals surface area contributed by atoms with Gasteiger partial charge in [0.1, 0.15) is 48.8 Å². The van der Waals surface area contributed by atoms with Crippen molar-refractivity contribution in [3.05, 3.63) is 72.9 Å². The number of carbonyl (C=O) groups excluding carboxylic acids is 1. The van der Waals surface area contributed by atoms with Crippen LogP contribution in [0.1, 0.15) is 328 Å². The fourth-order valence-corrected chi connectivity index (χ4v) is 12.6. The molecule has 0 aromatic rings. The van der Waals surface area contributed by atoms with E-state index in [0.717, 1.165) is 89.9 Å². The summed E-state index contributed by atoms with van der Waals surface area (Å²) in [5, 5.41) is 87.7. The van der Waals surface area contributed by atoms with Crippen molar-refractivity contribution < 1.29 is 64.6 Å². The molecule has 0 aromatic carbocycles. The molecule has 2 aliphatic heterocycles. The Hall–Kier alpha value is -2.57. The zero-order chi connectivity index (χ0) is 67.3. The second kappa shape index (κ2) is 62.9. The Balaban J connectivity index is 1.58. The molecule has 0 radical (unpaired) electrons. The first-order valence-corrected chi connectivity index (χ1v) is 38.7. The lowest BCUT2D eigenvalue weighted by atomic mass is 9.97. The van der Waals surface area contributed by atoms with Crippen LogP contribution in [0.25, 0.3) is 0 Å². The fraction of sp³-hybridized carbons (Fsp3) is 0.835. The molecule has 2 heterocycles. The van der Waals surface area contributed by atoms with Crippen molar-refractivity contribution in [3.8, 4) is 0 Å². The van der Waals surface area contributed by atoms with Crippen LogP contribution in [0.3, 0.4) is 0 Å². The third kappa shape index (κ3) is 46.4. The first-order chi connectivity index (χ1) is 45.6. The minimum Gasteiger partial charge on any atom is -0.394 e. The number of rotatable bonds is 64. The van der Waals surface area contributed by atoms with E-state index in [2.05, 4.69) is 92.1 Å². The highest BCUT2D eigenvalue weighted by molar-refractivity contribution is 5.76. The molecule has 2 aliphatic rings. The van der Waals surface area contributed by atoms with Gasteiger partial charge in [0.2, 0.25) is 5.91 Å². The smallest absolute Gasteiger partial charge is 0.220 e. The molecule has 542 valence electrons. The fourth-order valence-electron chi connectivity index (χ4n) is 12.6. The lowest BCUT2D eigenvalue weighted by Crippen LogP contribution is -2.65. The number of unbranched alkanes of at least 4 members (excludes halogenated alkanes) is 39. The molecule has 0 spiro atoms. The summed E-state index contributed by atoms with van der Waals surface area (Å²) in [4.78, 5) is 13.4. The van der Waals surface area contributed by atoms with Gasteiger partial charge >= 0.3 is 0 Å². The Morgan fingerprint density at radius 1 is 0.398 bits per heavy atom. The zero-order valence-electron chi connectivity index (χ0n) is 59.2. The van der Waals surface area contributed by atoms with Crippen LogP contribution in [0, 0.1) is 0 Å². The predicted octanol–water partition coefficient (Wildman–Crippen LogP) is 17.0. The van der Waals surface area contributed by atoms with Gasteiger partial charge in [-0.1, -0.05) is 331 Å². The number of amides is 1. The van der Waals surface area contributed by atoms with Crippen molar-refractivity contribution in [2.75, 3.05) is 19.8 Å². The zero-order valence-corrected chi connectivity index (χ0v) is 59.2. The predicted molar refractivity (Wildman–Crippen MR) is 383 cm³/mol. The average Bonchev–Trinajstić information content (AvgIpc) is 0.854. The first kappa shape index (κ1) is 86.5. The molecule has 1 amide bonds. The van der Waals surface area contributed by atoms with E-state index in [4.69, 9.17) is 18.9 Å². The van der Waals surface area contributed by atoms with Gasteiger partial charge in [0.05, 0.1) is 32.0 Å². The van der Waals surface area contributed by atoms with Crippen molar-refractivity contribution >= 4 is 5.91 Å². The highest BCUT2D eigenvalue weighted by Crippen LogP contribution is 2.30. The lowest BCUT2D eigenvalue weighted by Gasteiger charge is -2.46. The minimum absolute atomic E-state index is 0.202. The maximum atomic E-state index is 13.4.